The summed E-state index contributed by atoms with van der Waals surface area (Å²) in [6.45, 7) is 3.72. The predicted molar refractivity (Wildman–Crippen MR) is 75.4 cm³/mol. The maximum atomic E-state index is 12.6. The molecule has 0 radical (unpaired) electrons. The van der Waals surface area contributed by atoms with Crippen molar-refractivity contribution in [2.75, 3.05) is 0 Å². The highest BCUT2D eigenvalue weighted by molar-refractivity contribution is 7.90. The third kappa shape index (κ3) is 1.81. The lowest BCUT2D eigenvalue weighted by Gasteiger charge is -2.09. The highest BCUT2D eigenvalue weighted by Gasteiger charge is 2.34. The minimum absolute atomic E-state index is 0.0966. The molecule has 5 heteroatoms. The topological polar surface area (TPSA) is 56.1 Å². The first kappa shape index (κ1) is 13.1. The van der Waals surface area contributed by atoms with E-state index in [0.29, 0.717) is 12.1 Å². The standard InChI is InChI=1S/C15H15NO3S/c1-10-3-5-13(6-4-10)20(18,19)16-8-7-12-9-11(2)15(17)14(12)16/h3-8,11H,9H2,1-2H3. The summed E-state index contributed by atoms with van der Waals surface area (Å²) in [6.07, 6.45) is 2.09. The molecule has 3 rings (SSSR count). The molecule has 0 bridgehead atoms. The van der Waals surface area contributed by atoms with Crippen LogP contribution in [0.4, 0.5) is 0 Å². The number of aromatic nitrogens is 1. The lowest BCUT2D eigenvalue weighted by atomic mass is 10.1. The van der Waals surface area contributed by atoms with Gasteiger partial charge in [-0.2, -0.15) is 0 Å². The molecule has 4 nitrogen and oxygen atoms in total. The monoisotopic (exact) mass is 289 g/mol. The fourth-order valence-corrected chi connectivity index (χ4v) is 3.94. The molecule has 1 aromatic carbocycles. The zero-order valence-corrected chi connectivity index (χ0v) is 12.1. The van der Waals surface area contributed by atoms with Crippen molar-refractivity contribution in [1.82, 2.24) is 3.97 Å². The second kappa shape index (κ2) is 4.31. The number of benzene rings is 1. The number of hydrogen-bond acceptors (Lipinski definition) is 3. The van der Waals surface area contributed by atoms with Crippen molar-refractivity contribution in [2.45, 2.75) is 25.2 Å². The molecule has 0 amide bonds. The van der Waals surface area contributed by atoms with Gasteiger partial charge in [0.1, 0.15) is 5.69 Å². The van der Waals surface area contributed by atoms with E-state index < -0.39 is 10.0 Å². The van der Waals surface area contributed by atoms with Crippen LogP contribution in [0.1, 0.15) is 28.5 Å². The van der Waals surface area contributed by atoms with Gasteiger partial charge in [0, 0.05) is 12.1 Å². The second-order valence-corrected chi connectivity index (χ2v) is 7.09. The van der Waals surface area contributed by atoms with Gasteiger partial charge in [-0.1, -0.05) is 24.6 Å². The summed E-state index contributed by atoms with van der Waals surface area (Å²) in [6, 6.07) is 8.37. The number of carbonyl (C=O) groups excluding carboxylic acids is 1. The zero-order valence-electron chi connectivity index (χ0n) is 11.3. The number of carbonyl (C=O) groups is 1. The van der Waals surface area contributed by atoms with E-state index in [1.807, 2.05) is 13.8 Å². The minimum Gasteiger partial charge on any atom is -0.292 e. The fourth-order valence-electron chi connectivity index (χ4n) is 2.56. The Hall–Kier alpha value is -1.88. The number of nitrogens with zero attached hydrogens (tertiary/aromatic N) is 1. The van der Waals surface area contributed by atoms with Gasteiger partial charge in [-0.25, -0.2) is 12.4 Å². The van der Waals surface area contributed by atoms with Crippen molar-refractivity contribution in [2.24, 2.45) is 5.92 Å². The number of rotatable bonds is 2. The van der Waals surface area contributed by atoms with Crippen molar-refractivity contribution < 1.29 is 13.2 Å². The Labute approximate surface area is 118 Å². The first-order chi connectivity index (χ1) is 9.41. The Balaban J connectivity index is 2.15. The smallest absolute Gasteiger partial charge is 0.268 e. The van der Waals surface area contributed by atoms with Crippen molar-refractivity contribution in [3.63, 3.8) is 0 Å². The quantitative estimate of drug-likeness (QED) is 0.853. The molecule has 104 valence electrons. The molecule has 20 heavy (non-hydrogen) atoms. The van der Waals surface area contributed by atoms with Gasteiger partial charge in [0.2, 0.25) is 0 Å². The highest BCUT2D eigenvalue weighted by Crippen LogP contribution is 2.30. The molecule has 0 aliphatic heterocycles. The third-order valence-electron chi connectivity index (χ3n) is 3.72. The van der Waals surface area contributed by atoms with E-state index >= 15 is 0 Å². The van der Waals surface area contributed by atoms with Crippen LogP contribution in [0.15, 0.2) is 41.4 Å². The summed E-state index contributed by atoms with van der Waals surface area (Å²) in [4.78, 5) is 12.3. The van der Waals surface area contributed by atoms with Gasteiger partial charge in [-0.05, 0) is 37.1 Å². The molecule has 1 unspecified atom stereocenters. The molecule has 0 saturated carbocycles. The van der Waals surface area contributed by atoms with Gasteiger partial charge < -0.3 is 0 Å². The number of ketones is 1. The third-order valence-corrected chi connectivity index (χ3v) is 5.41. The van der Waals surface area contributed by atoms with Crippen LogP contribution in [-0.2, 0) is 16.4 Å². The summed E-state index contributed by atoms with van der Waals surface area (Å²) in [5.41, 5.74) is 2.13. The van der Waals surface area contributed by atoms with Gasteiger partial charge in [0.15, 0.2) is 5.78 Å². The molecule has 1 atom stereocenters. The van der Waals surface area contributed by atoms with Crippen molar-refractivity contribution in [3.05, 3.63) is 53.3 Å². The van der Waals surface area contributed by atoms with Crippen LogP contribution in [0.3, 0.4) is 0 Å². The van der Waals surface area contributed by atoms with Crippen LogP contribution < -0.4 is 0 Å². The Bertz CT molecular complexity index is 785. The number of aryl methyl sites for hydroxylation is 1. The molecule has 0 N–H and O–H groups in total. The van der Waals surface area contributed by atoms with Gasteiger partial charge in [-0.3, -0.25) is 4.79 Å². The molecule has 0 fully saturated rings. The zero-order chi connectivity index (χ0) is 14.5. The Kier molecular flexibility index (Phi) is 2.83. The number of fused-ring (bicyclic) bond motifs is 1. The molecule has 2 aromatic rings. The summed E-state index contributed by atoms with van der Waals surface area (Å²) in [5, 5.41) is 0. The fraction of sp³-hybridized carbons (Fsp3) is 0.267. The van der Waals surface area contributed by atoms with E-state index in [-0.39, 0.29) is 16.6 Å². The molecule has 1 aliphatic rings. The Morgan fingerprint density at radius 2 is 1.80 bits per heavy atom. The van der Waals surface area contributed by atoms with Gasteiger partial charge in [0.05, 0.1) is 4.90 Å². The summed E-state index contributed by atoms with van der Waals surface area (Å²) < 4.78 is 26.4. The maximum Gasteiger partial charge on any atom is 0.268 e. The summed E-state index contributed by atoms with van der Waals surface area (Å²) in [5.74, 6) is -0.235. The molecule has 1 aromatic heterocycles. The Morgan fingerprint density at radius 3 is 2.45 bits per heavy atom. The summed E-state index contributed by atoms with van der Waals surface area (Å²) in [7, 11) is -3.70. The first-order valence-corrected chi connectivity index (χ1v) is 7.92. The number of Topliss-reactive ketones (excluding diaryl/α,β-unsaturated/α-hetero) is 1. The van der Waals surface area contributed by atoms with Crippen LogP contribution in [0, 0.1) is 12.8 Å². The van der Waals surface area contributed by atoms with Crippen LogP contribution in [0.25, 0.3) is 0 Å². The van der Waals surface area contributed by atoms with Crippen molar-refractivity contribution in [1.29, 1.82) is 0 Å². The van der Waals surface area contributed by atoms with Gasteiger partial charge in [0.25, 0.3) is 10.0 Å². The number of hydrogen-bond donors (Lipinski definition) is 0. The minimum atomic E-state index is -3.70. The van der Waals surface area contributed by atoms with Crippen LogP contribution in [0.2, 0.25) is 0 Å². The SMILES string of the molecule is Cc1ccc(S(=O)(=O)n2ccc3c2C(=O)C(C)C3)cc1. The lowest BCUT2D eigenvalue weighted by Crippen LogP contribution is -2.18. The molecule has 0 spiro atoms. The normalized spacial score (nSPS) is 18.3. The Morgan fingerprint density at radius 1 is 1.15 bits per heavy atom. The maximum absolute atomic E-state index is 12.6. The average Bonchev–Trinajstić information content (AvgIpc) is 2.92. The van der Waals surface area contributed by atoms with Crippen molar-refractivity contribution in [3.8, 4) is 0 Å². The summed E-state index contributed by atoms with van der Waals surface area (Å²) >= 11 is 0. The van der Waals surface area contributed by atoms with E-state index in [1.165, 1.54) is 6.20 Å². The van der Waals surface area contributed by atoms with E-state index in [0.717, 1.165) is 15.1 Å². The molecular formula is C15H15NO3S. The largest absolute Gasteiger partial charge is 0.292 e. The van der Waals surface area contributed by atoms with Crippen LogP contribution in [0.5, 0.6) is 0 Å². The first-order valence-electron chi connectivity index (χ1n) is 6.48. The molecular weight excluding hydrogens is 274 g/mol. The lowest BCUT2D eigenvalue weighted by molar-refractivity contribution is 0.0940. The van der Waals surface area contributed by atoms with E-state index in [1.54, 1.807) is 30.3 Å². The predicted octanol–water partition coefficient (Wildman–Crippen LogP) is 2.41. The molecule has 1 heterocycles. The molecule has 0 saturated heterocycles. The van der Waals surface area contributed by atoms with Crippen LogP contribution in [-0.4, -0.2) is 18.2 Å². The van der Waals surface area contributed by atoms with Gasteiger partial charge >= 0.3 is 0 Å². The average molecular weight is 289 g/mol. The second-order valence-electron chi connectivity index (χ2n) is 5.27. The highest BCUT2D eigenvalue weighted by atomic mass is 32.2. The van der Waals surface area contributed by atoms with E-state index in [9.17, 15) is 13.2 Å². The molecule has 1 aliphatic carbocycles. The van der Waals surface area contributed by atoms with E-state index in [4.69, 9.17) is 0 Å². The van der Waals surface area contributed by atoms with Crippen molar-refractivity contribution >= 4 is 15.8 Å². The van der Waals surface area contributed by atoms with Crippen LogP contribution >= 0.6 is 0 Å². The van der Waals surface area contributed by atoms with Gasteiger partial charge in [-0.15, -0.1) is 0 Å². The van der Waals surface area contributed by atoms with E-state index in [2.05, 4.69) is 0 Å².